The van der Waals surface area contributed by atoms with Crippen molar-refractivity contribution >= 4 is 29.3 Å². The van der Waals surface area contributed by atoms with E-state index in [-0.39, 0.29) is 44.0 Å². The maximum absolute atomic E-state index is 14.8. The molecular formula is C21H16ClF4N3O5S. The quantitative estimate of drug-likeness (QED) is 0.263. The molecule has 0 aliphatic rings. The Morgan fingerprint density at radius 3 is 2.51 bits per heavy atom. The molecule has 0 aliphatic carbocycles. The summed E-state index contributed by atoms with van der Waals surface area (Å²) in [5.74, 6) is -2.38. The second-order valence-electron chi connectivity index (χ2n) is 6.79. The number of carbonyl (C=O) groups excluding carboxylic acids is 1. The number of hydrogen-bond acceptors (Lipinski definition) is 7. The van der Waals surface area contributed by atoms with Gasteiger partial charge in [0.05, 0.1) is 22.2 Å². The topological polar surface area (TPSA) is 92.4 Å². The van der Waals surface area contributed by atoms with E-state index in [2.05, 4.69) is 4.98 Å². The number of esters is 1. The fourth-order valence-electron chi connectivity index (χ4n) is 3.03. The zero-order chi connectivity index (χ0) is 26.1. The predicted octanol–water partition coefficient (Wildman–Crippen LogP) is 4.43. The van der Waals surface area contributed by atoms with E-state index in [4.69, 9.17) is 21.1 Å². The van der Waals surface area contributed by atoms with Crippen molar-refractivity contribution in [1.82, 2.24) is 14.1 Å². The van der Waals surface area contributed by atoms with Crippen molar-refractivity contribution in [2.75, 3.05) is 12.9 Å². The average molecular weight is 534 g/mol. The molecule has 2 aromatic heterocycles. The van der Waals surface area contributed by atoms with Gasteiger partial charge in [-0.15, -0.1) is 11.8 Å². The molecule has 1 aromatic carbocycles. The molecule has 14 heteroatoms. The first-order chi connectivity index (χ1) is 16.4. The summed E-state index contributed by atoms with van der Waals surface area (Å²) < 4.78 is 65.3. The zero-order valence-electron chi connectivity index (χ0n) is 18.3. The van der Waals surface area contributed by atoms with Crippen LogP contribution in [-0.2, 0) is 18.0 Å². The van der Waals surface area contributed by atoms with E-state index in [1.807, 2.05) is 0 Å². The van der Waals surface area contributed by atoms with Crippen LogP contribution in [0.5, 0.6) is 11.5 Å². The Bertz CT molecular complexity index is 1420. The largest absolute Gasteiger partial charge is 0.461 e. The lowest BCUT2D eigenvalue weighted by atomic mass is 10.2. The Morgan fingerprint density at radius 2 is 1.91 bits per heavy atom. The van der Waals surface area contributed by atoms with Gasteiger partial charge in [0.25, 0.3) is 5.56 Å². The highest BCUT2D eigenvalue weighted by Crippen LogP contribution is 2.38. The maximum atomic E-state index is 14.8. The van der Waals surface area contributed by atoms with Gasteiger partial charge in [-0.3, -0.25) is 9.36 Å². The van der Waals surface area contributed by atoms with E-state index in [1.54, 1.807) is 13.2 Å². The Balaban J connectivity index is 2.21. The average Bonchev–Trinajstić information content (AvgIpc) is 2.78. The van der Waals surface area contributed by atoms with Crippen LogP contribution in [0.4, 0.5) is 17.6 Å². The van der Waals surface area contributed by atoms with Gasteiger partial charge in [0.2, 0.25) is 0 Å². The van der Waals surface area contributed by atoms with Crippen LogP contribution in [0.1, 0.15) is 23.1 Å². The molecular weight excluding hydrogens is 518 g/mol. The Labute approximate surface area is 204 Å². The van der Waals surface area contributed by atoms with E-state index in [1.165, 1.54) is 24.0 Å². The van der Waals surface area contributed by atoms with E-state index in [0.29, 0.717) is 4.90 Å². The van der Waals surface area contributed by atoms with E-state index >= 15 is 0 Å². The third-order valence-electron chi connectivity index (χ3n) is 4.62. The molecule has 0 saturated carbocycles. The summed E-state index contributed by atoms with van der Waals surface area (Å²) >= 11 is 7.28. The molecule has 0 aliphatic heterocycles. The van der Waals surface area contributed by atoms with Crippen molar-refractivity contribution in [1.29, 1.82) is 0 Å². The summed E-state index contributed by atoms with van der Waals surface area (Å²) in [6.07, 6.45) is -1.97. The molecule has 8 nitrogen and oxygen atoms in total. The zero-order valence-corrected chi connectivity index (χ0v) is 19.8. The van der Waals surface area contributed by atoms with Crippen molar-refractivity contribution in [3.63, 3.8) is 0 Å². The van der Waals surface area contributed by atoms with E-state index in [0.717, 1.165) is 19.2 Å². The molecule has 3 rings (SSSR count). The van der Waals surface area contributed by atoms with Gasteiger partial charge >= 0.3 is 17.8 Å². The summed E-state index contributed by atoms with van der Waals surface area (Å²) in [4.78, 5) is 41.7. The first kappa shape index (κ1) is 26.3. The van der Waals surface area contributed by atoms with Crippen LogP contribution in [-0.4, -0.2) is 33.0 Å². The summed E-state index contributed by atoms with van der Waals surface area (Å²) in [7, 11) is 0.790. The first-order valence-electron chi connectivity index (χ1n) is 9.68. The van der Waals surface area contributed by atoms with Gasteiger partial charge in [-0.1, -0.05) is 11.6 Å². The van der Waals surface area contributed by atoms with Crippen molar-refractivity contribution in [3.05, 3.63) is 73.5 Å². The van der Waals surface area contributed by atoms with Gasteiger partial charge in [0, 0.05) is 25.4 Å². The second kappa shape index (κ2) is 10.1. The highest BCUT2D eigenvalue weighted by molar-refractivity contribution is 7.98. The van der Waals surface area contributed by atoms with Crippen LogP contribution in [0.3, 0.4) is 0 Å². The smallest absolute Gasteiger partial charge is 0.431 e. The van der Waals surface area contributed by atoms with Crippen LogP contribution in [0.25, 0.3) is 5.69 Å². The Kier molecular flexibility index (Phi) is 7.60. The van der Waals surface area contributed by atoms with Gasteiger partial charge in [0.15, 0.2) is 11.4 Å². The molecule has 0 spiro atoms. The molecule has 3 aromatic rings. The molecule has 2 heterocycles. The van der Waals surface area contributed by atoms with Crippen LogP contribution < -0.4 is 16.0 Å². The minimum absolute atomic E-state index is 0.0467. The number of rotatable bonds is 6. The van der Waals surface area contributed by atoms with Gasteiger partial charge in [-0.25, -0.2) is 23.5 Å². The molecule has 0 unspecified atom stereocenters. The van der Waals surface area contributed by atoms with Crippen LogP contribution >= 0.6 is 23.4 Å². The number of nitrogens with zero attached hydrogens (tertiary/aromatic N) is 3. The first-order valence-corrected chi connectivity index (χ1v) is 11.3. The predicted molar refractivity (Wildman–Crippen MR) is 119 cm³/mol. The van der Waals surface area contributed by atoms with E-state index in [9.17, 15) is 31.9 Å². The monoisotopic (exact) mass is 533 g/mol. The number of hydrogen-bond donors (Lipinski definition) is 0. The third-order valence-corrected chi connectivity index (χ3v) is 5.68. The van der Waals surface area contributed by atoms with E-state index < -0.39 is 40.6 Å². The van der Waals surface area contributed by atoms with Gasteiger partial charge in [-0.2, -0.15) is 13.2 Å². The molecule has 0 bridgehead atoms. The molecule has 0 atom stereocenters. The van der Waals surface area contributed by atoms with Crippen LogP contribution in [0, 0.1) is 5.82 Å². The standard InChI is InChI=1S/C21H16ClF4N3O5S/c1-4-33-19(31)17-18(14(35-3)5-6-27-17)34-13-8-12(11(23)7-10(13)22)29-16(30)9-15(21(24,25)26)28(2)20(29)32/h5-9H,4H2,1-3H3. The number of carbonyl (C=O) groups is 1. The summed E-state index contributed by atoms with van der Waals surface area (Å²) in [5, 5.41) is -0.311. The second-order valence-corrected chi connectivity index (χ2v) is 8.05. The summed E-state index contributed by atoms with van der Waals surface area (Å²) in [6, 6.07) is 3.27. The van der Waals surface area contributed by atoms with Crippen LogP contribution in [0.15, 0.2) is 44.9 Å². The number of benzene rings is 1. The molecule has 0 radical (unpaired) electrons. The molecule has 35 heavy (non-hydrogen) atoms. The molecule has 0 fully saturated rings. The highest BCUT2D eigenvalue weighted by atomic mass is 35.5. The number of halogens is 5. The number of ether oxygens (including phenoxy) is 2. The summed E-state index contributed by atoms with van der Waals surface area (Å²) in [5.41, 5.74) is -5.31. The Hall–Kier alpha value is -3.32. The van der Waals surface area contributed by atoms with Crippen molar-refractivity contribution in [2.45, 2.75) is 18.0 Å². The normalized spacial score (nSPS) is 11.4. The molecule has 0 amide bonds. The van der Waals surface area contributed by atoms with Crippen molar-refractivity contribution in [3.8, 4) is 17.2 Å². The molecule has 0 N–H and O–H groups in total. The molecule has 0 saturated heterocycles. The van der Waals surface area contributed by atoms with Crippen LogP contribution in [0.2, 0.25) is 5.02 Å². The van der Waals surface area contributed by atoms with Gasteiger partial charge in [-0.05, 0) is 25.3 Å². The van der Waals surface area contributed by atoms with Gasteiger partial charge < -0.3 is 9.47 Å². The molecule has 186 valence electrons. The SMILES string of the molecule is CCOC(=O)c1nccc(SC)c1Oc1cc(-n2c(=O)cc(C(F)(F)F)n(C)c2=O)c(F)cc1Cl. The minimum Gasteiger partial charge on any atom is -0.461 e. The van der Waals surface area contributed by atoms with Crippen molar-refractivity contribution in [2.24, 2.45) is 7.05 Å². The maximum Gasteiger partial charge on any atom is 0.431 e. The lowest BCUT2D eigenvalue weighted by Crippen LogP contribution is -2.41. The summed E-state index contributed by atoms with van der Waals surface area (Å²) in [6.45, 7) is 1.63. The third kappa shape index (κ3) is 5.20. The Morgan fingerprint density at radius 1 is 1.23 bits per heavy atom. The fourth-order valence-corrected chi connectivity index (χ4v) is 3.74. The number of alkyl halides is 3. The van der Waals surface area contributed by atoms with Gasteiger partial charge in [0.1, 0.15) is 17.3 Å². The minimum atomic E-state index is -4.99. The van der Waals surface area contributed by atoms with Crippen molar-refractivity contribution < 1.29 is 31.8 Å². The lowest BCUT2D eigenvalue weighted by molar-refractivity contribution is -0.144. The number of thioether (sulfide) groups is 1. The number of aromatic nitrogens is 3. The lowest BCUT2D eigenvalue weighted by Gasteiger charge is -2.17. The number of pyridine rings is 1. The fraction of sp³-hybridized carbons (Fsp3) is 0.238. The highest BCUT2D eigenvalue weighted by Gasteiger charge is 2.35.